The van der Waals surface area contributed by atoms with Gasteiger partial charge in [-0.05, 0) is 39.0 Å². The lowest BCUT2D eigenvalue weighted by atomic mass is 10.0. The zero-order valence-corrected chi connectivity index (χ0v) is 19.5. The van der Waals surface area contributed by atoms with Gasteiger partial charge in [0.1, 0.15) is 11.4 Å². The normalized spacial score (nSPS) is 13.4. The van der Waals surface area contributed by atoms with Crippen LogP contribution in [0, 0.1) is 0 Å². The summed E-state index contributed by atoms with van der Waals surface area (Å²) in [5.74, 6) is 1.02. The van der Waals surface area contributed by atoms with Gasteiger partial charge in [0.25, 0.3) is 0 Å². The Kier molecular flexibility index (Phi) is 10.9. The van der Waals surface area contributed by atoms with Gasteiger partial charge in [-0.3, -0.25) is 0 Å². The van der Waals surface area contributed by atoms with E-state index < -0.39 is 12.2 Å². The molecule has 2 aromatic rings. The van der Waals surface area contributed by atoms with Crippen LogP contribution in [0.15, 0.2) is 46.0 Å². The molecule has 1 atom stereocenters. The first kappa shape index (κ1) is 26.0. The van der Waals surface area contributed by atoms with Crippen molar-refractivity contribution in [2.24, 2.45) is 4.99 Å². The molecule has 0 aliphatic heterocycles. The monoisotopic (exact) mass is 539 g/mol. The Bertz CT molecular complexity index is 786. The van der Waals surface area contributed by atoms with E-state index in [0.717, 1.165) is 0 Å². The molecule has 1 aromatic carbocycles. The Hall–Kier alpha value is -2.08. The zero-order chi connectivity index (χ0) is 21.3. The van der Waals surface area contributed by atoms with Crippen molar-refractivity contribution in [3.63, 3.8) is 0 Å². The minimum Gasteiger partial charge on any atom is -0.490 e. The van der Waals surface area contributed by atoms with Crippen LogP contribution in [-0.2, 0) is 12.1 Å². The third-order valence-electron chi connectivity index (χ3n) is 3.97. The highest BCUT2D eigenvalue weighted by Crippen LogP contribution is 2.33. The van der Waals surface area contributed by atoms with Gasteiger partial charge in [-0.25, -0.2) is 4.99 Å². The van der Waals surface area contributed by atoms with Gasteiger partial charge >= 0.3 is 6.61 Å². The summed E-state index contributed by atoms with van der Waals surface area (Å²) in [7, 11) is 0. The maximum atomic E-state index is 12.9. The second kappa shape index (κ2) is 12.6. The summed E-state index contributed by atoms with van der Waals surface area (Å²) in [6.45, 7) is 3.38. The SMILES string of the molecule is CCNC(=NCc1cccc(OCC)c1OC(F)F)NCC(C)(O)c1ccco1.I. The van der Waals surface area contributed by atoms with E-state index in [0.29, 0.717) is 30.4 Å². The summed E-state index contributed by atoms with van der Waals surface area (Å²) in [5, 5.41) is 16.6. The van der Waals surface area contributed by atoms with Gasteiger partial charge in [0.15, 0.2) is 17.5 Å². The number of benzene rings is 1. The number of halogens is 3. The Morgan fingerprint density at radius 3 is 2.60 bits per heavy atom. The second-order valence-corrected chi connectivity index (χ2v) is 6.36. The van der Waals surface area contributed by atoms with Gasteiger partial charge in [0.05, 0.1) is 26.0 Å². The first-order chi connectivity index (χ1) is 13.9. The molecule has 0 aliphatic carbocycles. The van der Waals surface area contributed by atoms with E-state index in [2.05, 4.69) is 20.4 Å². The maximum absolute atomic E-state index is 12.9. The number of rotatable bonds is 10. The van der Waals surface area contributed by atoms with Crippen LogP contribution >= 0.6 is 24.0 Å². The topological polar surface area (TPSA) is 88.3 Å². The van der Waals surface area contributed by atoms with Crippen molar-refractivity contribution in [3.05, 3.63) is 47.9 Å². The smallest absolute Gasteiger partial charge is 0.387 e. The van der Waals surface area contributed by atoms with Crippen molar-refractivity contribution >= 4 is 29.9 Å². The second-order valence-electron chi connectivity index (χ2n) is 6.36. The number of furan rings is 1. The number of nitrogens with one attached hydrogen (secondary N) is 2. The van der Waals surface area contributed by atoms with E-state index in [1.807, 2.05) is 6.92 Å². The molecule has 10 heteroatoms. The molecule has 0 bridgehead atoms. The first-order valence-electron chi connectivity index (χ1n) is 9.35. The highest BCUT2D eigenvalue weighted by atomic mass is 127. The number of hydrogen-bond acceptors (Lipinski definition) is 5. The summed E-state index contributed by atoms with van der Waals surface area (Å²) >= 11 is 0. The quantitative estimate of drug-likeness (QED) is 0.242. The molecule has 0 spiro atoms. The van der Waals surface area contributed by atoms with Crippen molar-refractivity contribution in [2.75, 3.05) is 19.7 Å². The van der Waals surface area contributed by atoms with Crippen LogP contribution in [0.25, 0.3) is 0 Å². The molecule has 0 saturated heterocycles. The number of aliphatic hydroxyl groups is 1. The van der Waals surface area contributed by atoms with E-state index >= 15 is 0 Å². The van der Waals surface area contributed by atoms with E-state index in [1.54, 1.807) is 44.2 Å². The molecule has 1 aromatic heterocycles. The summed E-state index contributed by atoms with van der Waals surface area (Å²) in [5.41, 5.74) is -0.801. The number of ether oxygens (including phenoxy) is 2. The van der Waals surface area contributed by atoms with E-state index in [9.17, 15) is 13.9 Å². The highest BCUT2D eigenvalue weighted by molar-refractivity contribution is 14.0. The molecule has 0 aliphatic rings. The Morgan fingerprint density at radius 1 is 1.23 bits per heavy atom. The van der Waals surface area contributed by atoms with Crippen LogP contribution < -0.4 is 20.1 Å². The average Bonchev–Trinajstić information content (AvgIpc) is 3.22. The molecule has 3 N–H and O–H groups in total. The van der Waals surface area contributed by atoms with Crippen molar-refractivity contribution in [2.45, 2.75) is 39.5 Å². The number of alkyl halides is 2. The number of hydrogen-bond donors (Lipinski definition) is 3. The van der Waals surface area contributed by atoms with E-state index in [1.165, 1.54) is 6.26 Å². The van der Waals surface area contributed by atoms with Crippen LogP contribution in [0.4, 0.5) is 8.78 Å². The first-order valence-corrected chi connectivity index (χ1v) is 9.35. The fourth-order valence-electron chi connectivity index (χ4n) is 2.61. The average molecular weight is 539 g/mol. The molecular weight excluding hydrogens is 511 g/mol. The van der Waals surface area contributed by atoms with Gasteiger partial charge < -0.3 is 29.6 Å². The van der Waals surface area contributed by atoms with Gasteiger partial charge in [0, 0.05) is 12.1 Å². The lowest BCUT2D eigenvalue weighted by Crippen LogP contribution is -2.44. The number of nitrogens with zero attached hydrogens (tertiary/aromatic N) is 1. The van der Waals surface area contributed by atoms with Gasteiger partial charge in [-0.1, -0.05) is 12.1 Å². The van der Waals surface area contributed by atoms with Crippen molar-refractivity contribution in [3.8, 4) is 11.5 Å². The predicted octanol–water partition coefficient (Wildman–Crippen LogP) is 3.86. The molecule has 168 valence electrons. The van der Waals surface area contributed by atoms with Crippen molar-refractivity contribution < 1.29 is 27.8 Å². The third kappa shape index (κ3) is 7.63. The minimum atomic E-state index is -2.98. The molecule has 0 amide bonds. The molecular formula is C20H28F2IN3O4. The number of para-hydroxylation sites is 1. The fraction of sp³-hybridized carbons (Fsp3) is 0.450. The maximum Gasteiger partial charge on any atom is 0.387 e. The molecule has 7 nitrogen and oxygen atoms in total. The van der Waals surface area contributed by atoms with Crippen LogP contribution in [-0.4, -0.2) is 37.4 Å². The van der Waals surface area contributed by atoms with Crippen LogP contribution in [0.1, 0.15) is 32.1 Å². The largest absolute Gasteiger partial charge is 0.490 e. The van der Waals surface area contributed by atoms with Gasteiger partial charge in [0.2, 0.25) is 0 Å². The molecule has 0 fully saturated rings. The lowest BCUT2D eigenvalue weighted by Gasteiger charge is -2.22. The highest BCUT2D eigenvalue weighted by Gasteiger charge is 2.26. The van der Waals surface area contributed by atoms with Crippen LogP contribution in [0.3, 0.4) is 0 Å². The summed E-state index contributed by atoms with van der Waals surface area (Å²) in [6.07, 6.45) is 1.49. The van der Waals surface area contributed by atoms with E-state index in [4.69, 9.17) is 9.15 Å². The van der Waals surface area contributed by atoms with Crippen molar-refractivity contribution in [1.82, 2.24) is 10.6 Å². The zero-order valence-electron chi connectivity index (χ0n) is 17.2. The molecule has 30 heavy (non-hydrogen) atoms. The summed E-state index contributed by atoms with van der Waals surface area (Å²) in [6, 6.07) is 8.28. The summed E-state index contributed by atoms with van der Waals surface area (Å²) in [4.78, 5) is 4.41. The van der Waals surface area contributed by atoms with Crippen LogP contribution in [0.2, 0.25) is 0 Å². The minimum absolute atomic E-state index is 0. The van der Waals surface area contributed by atoms with E-state index in [-0.39, 0.29) is 48.6 Å². The molecule has 0 saturated carbocycles. The predicted molar refractivity (Wildman–Crippen MR) is 121 cm³/mol. The number of aliphatic imine (C=N–C) groups is 1. The standard InChI is InChI=1S/C20H27F2N3O4.HI/c1-4-23-19(25-13-20(3,26)16-10-7-11-28-16)24-12-14-8-6-9-15(27-5-2)17(14)29-18(21)22;/h6-11,18,26H,4-5,12-13H2,1-3H3,(H2,23,24,25);1H. The molecule has 1 heterocycles. The molecule has 1 unspecified atom stereocenters. The Morgan fingerprint density at radius 2 is 2.00 bits per heavy atom. The Balaban J connectivity index is 0.00000450. The van der Waals surface area contributed by atoms with Gasteiger partial charge in [-0.15, -0.1) is 24.0 Å². The molecule has 0 radical (unpaired) electrons. The fourth-order valence-corrected chi connectivity index (χ4v) is 2.61. The summed E-state index contributed by atoms with van der Waals surface area (Å²) < 4.78 is 41.0. The third-order valence-corrected chi connectivity index (χ3v) is 3.97. The van der Waals surface area contributed by atoms with Gasteiger partial charge in [-0.2, -0.15) is 8.78 Å². The Labute approximate surface area is 191 Å². The lowest BCUT2D eigenvalue weighted by molar-refractivity contribution is -0.0520. The molecule has 2 rings (SSSR count). The van der Waals surface area contributed by atoms with Crippen molar-refractivity contribution in [1.29, 1.82) is 0 Å². The number of guanidine groups is 1. The van der Waals surface area contributed by atoms with Crippen LogP contribution in [0.5, 0.6) is 11.5 Å².